The third kappa shape index (κ3) is 69.0. The van der Waals surface area contributed by atoms with E-state index in [4.69, 9.17) is 18.9 Å². The number of hydrogen-bond acceptors (Lipinski definition) is 43. The summed E-state index contributed by atoms with van der Waals surface area (Å²) in [5, 5.41) is 20.1. The van der Waals surface area contributed by atoms with E-state index in [2.05, 4.69) is 98.6 Å². The van der Waals surface area contributed by atoms with Crippen molar-refractivity contribution in [3.63, 3.8) is 0 Å². The van der Waals surface area contributed by atoms with E-state index >= 15 is 0 Å². The molecule has 11 unspecified atom stereocenters. The van der Waals surface area contributed by atoms with Crippen LogP contribution >= 0.6 is 70.2 Å². The van der Waals surface area contributed by atoms with Crippen molar-refractivity contribution in [2.24, 2.45) is 0 Å². The number of rotatable bonds is 54. The van der Waals surface area contributed by atoms with Crippen molar-refractivity contribution in [1.29, 1.82) is 0 Å². The first kappa shape index (κ1) is 93.1. The zero-order chi connectivity index (χ0) is 66.9. The quantitative estimate of drug-likeness (QED) is 0.0188. The predicted molar refractivity (Wildman–Crippen MR) is 273 cm³/mol. The molecule has 44 nitrogen and oxygen atoms in total. The van der Waals surface area contributed by atoms with Gasteiger partial charge in [0, 0.05) is 20.9 Å². The van der Waals surface area contributed by atoms with Gasteiger partial charge in [0.05, 0.1) is 151 Å². The molecule has 0 bridgehead atoms. The Bertz CT molecular complexity index is 2110. The van der Waals surface area contributed by atoms with Crippen molar-refractivity contribution in [2.75, 3.05) is 188 Å². The van der Waals surface area contributed by atoms with Crippen molar-refractivity contribution in [3.8, 4) is 0 Å². The van der Waals surface area contributed by atoms with Gasteiger partial charge >= 0.3 is 0 Å². The number of hydrogen-bond donors (Lipinski definition) is 6. The predicted octanol–water partition coefficient (Wildman–Crippen LogP) is -5.30. The molecule has 0 spiro atoms. The summed E-state index contributed by atoms with van der Waals surface area (Å²) in [6, 6.07) is 0. The standard InChI is InChI=1S/C25H62N2O34P8.2C3H9NO.C2H7O4P/c1-26-22-45-6-4-24(20-28)60-68(41,42)58-19-18-55-66(37,38)53-15-14-51-64(33,34)49-11-10-48-63(31,32)50-12-13-52-65(35,36)54-16-17-56-67(39,40)59-21-25(5-7-46-23-27-2)61-69(43,44)57-9-8-47-62(3,29)30;2*1-4-3-5-2;1-2-6-7(3,4)5/h24-28H,4-23H2,1-3H3,(H,29,30)(H,31,32)(H,33,34)(H,35,36)(H,37,38)(H,39,40)(H,41,42)(H,43,44);2*4H,3H2,1-2H3;2H2,1H3,(H2,3,4,5)/p-9. The van der Waals surface area contributed by atoms with Crippen LogP contribution in [-0.4, -0.2) is 211 Å². The van der Waals surface area contributed by atoms with Crippen LogP contribution in [0.4, 0.5) is 0 Å². The average Bonchev–Trinajstić information content (AvgIpc) is 3.61. The van der Waals surface area contributed by atoms with Crippen molar-refractivity contribution < 1.29 is 186 Å². The molecule has 86 heavy (non-hydrogen) atoms. The SMILES string of the molecule is CCOP(=O)([O-])O.CNCOC.CNCOC.CNCOCCC(CO)OP(=O)([O-])OCCOP(=O)([O-])OCCOP(=O)([O-])OCCOP(=O)([O-])OCCOP(=O)([O-])OCCOP(=O)([O-])OCC(CCOCNC)OP(=O)([O-])OCCOP(C)(=O)[O-]. The lowest BCUT2D eigenvalue weighted by Crippen LogP contribution is -2.26. The summed E-state index contributed by atoms with van der Waals surface area (Å²) in [4.78, 5) is 112. The van der Waals surface area contributed by atoms with E-state index in [0.29, 0.717) is 13.5 Å². The van der Waals surface area contributed by atoms with Crippen molar-refractivity contribution in [3.05, 3.63) is 0 Å². The molecule has 0 rings (SSSR count). The fourth-order valence-corrected chi connectivity index (χ4v) is 10.1. The maximum atomic E-state index is 12.2. The lowest BCUT2D eigenvalue weighted by molar-refractivity contribution is -0.240. The molecule has 0 amide bonds. The lowest BCUT2D eigenvalue weighted by Gasteiger charge is -2.30. The van der Waals surface area contributed by atoms with Crippen LogP contribution in [-0.2, 0) is 132 Å². The number of nitrogens with one attached hydrogen (secondary N) is 4. The van der Waals surface area contributed by atoms with Crippen LogP contribution in [0.3, 0.4) is 0 Å². The Hall–Kier alpha value is 0.670. The smallest absolute Gasteiger partial charge is 0.268 e. The maximum Gasteiger partial charge on any atom is 0.268 e. The second-order valence-corrected chi connectivity index (χ2v) is 27.5. The van der Waals surface area contributed by atoms with Gasteiger partial charge in [-0.1, -0.05) is 0 Å². The summed E-state index contributed by atoms with van der Waals surface area (Å²) in [6.07, 6.45) is -3.10. The molecule has 0 aliphatic heterocycles. The largest absolute Gasteiger partial charge is 0.779 e. The Labute approximate surface area is 497 Å². The Balaban J connectivity index is -0.00000171. The van der Waals surface area contributed by atoms with Gasteiger partial charge in [-0.25, -0.2) is 0 Å². The lowest BCUT2D eigenvalue weighted by atomic mass is 10.3. The highest BCUT2D eigenvalue weighted by Gasteiger charge is 2.23. The Morgan fingerprint density at radius 2 is 0.628 bits per heavy atom. The minimum absolute atomic E-state index is 0.00877. The van der Waals surface area contributed by atoms with Gasteiger partial charge in [0.2, 0.25) is 0 Å². The van der Waals surface area contributed by atoms with Gasteiger partial charge in [0.1, 0.15) is 7.60 Å². The molecule has 0 fully saturated rings. The van der Waals surface area contributed by atoms with Crippen LogP contribution < -0.4 is 65.3 Å². The number of phosphoric acid groups is 8. The van der Waals surface area contributed by atoms with Crippen LogP contribution in [0.15, 0.2) is 0 Å². The number of aliphatic hydroxyl groups excluding tert-OH is 1. The number of ether oxygens (including phenoxy) is 4. The van der Waals surface area contributed by atoms with Gasteiger partial charge in [-0.15, -0.1) is 0 Å². The van der Waals surface area contributed by atoms with E-state index in [-0.39, 0.29) is 46.1 Å². The number of phosphoric ester groups is 8. The van der Waals surface area contributed by atoms with E-state index in [0.717, 1.165) is 6.66 Å². The number of methoxy groups -OCH3 is 2. The Morgan fingerprint density at radius 1 is 0.372 bits per heavy atom. The molecule has 0 aromatic rings. The molecule has 0 saturated carbocycles. The van der Waals surface area contributed by atoms with E-state index in [9.17, 15) is 90.2 Å². The van der Waals surface area contributed by atoms with E-state index in [1.165, 1.54) is 14.0 Å². The van der Waals surface area contributed by atoms with Crippen molar-refractivity contribution in [2.45, 2.75) is 32.0 Å². The van der Waals surface area contributed by atoms with Gasteiger partial charge in [0.15, 0.2) is 0 Å². The maximum absolute atomic E-state index is 12.2. The minimum Gasteiger partial charge on any atom is -0.779 e. The average molecular weight is 1450 g/mol. The molecule has 0 saturated heterocycles. The molecule has 0 aliphatic carbocycles. The monoisotopic (exact) mass is 1450 g/mol. The zero-order valence-electron chi connectivity index (χ0n) is 47.9. The zero-order valence-corrected chi connectivity index (χ0v) is 55.9. The minimum atomic E-state index is -5.29. The van der Waals surface area contributed by atoms with Gasteiger partial charge in [-0.3, -0.25) is 57.8 Å². The Morgan fingerprint density at radius 3 is 0.849 bits per heavy atom. The summed E-state index contributed by atoms with van der Waals surface area (Å²) in [7, 11) is -34.9. The third-order valence-corrected chi connectivity index (χ3v) is 15.6. The van der Waals surface area contributed by atoms with Gasteiger partial charge in [-0.05, 0) is 48.0 Å². The van der Waals surface area contributed by atoms with Crippen LogP contribution in [0.1, 0.15) is 19.8 Å². The van der Waals surface area contributed by atoms with Gasteiger partial charge in [-0.2, -0.15) is 0 Å². The van der Waals surface area contributed by atoms with Crippen LogP contribution in [0.5, 0.6) is 0 Å². The number of aliphatic hydroxyl groups is 1. The summed E-state index contributed by atoms with van der Waals surface area (Å²) >= 11 is 0. The summed E-state index contributed by atoms with van der Waals surface area (Å²) in [5.41, 5.74) is 0. The first-order valence-electron chi connectivity index (χ1n) is 24.0. The first-order chi connectivity index (χ1) is 39.8. The fourth-order valence-electron chi connectivity index (χ4n) is 4.20. The molecule has 0 heterocycles. The molecule has 11 atom stereocenters. The molecule has 0 radical (unpaired) electrons. The van der Waals surface area contributed by atoms with E-state index in [1.807, 2.05) is 14.1 Å². The summed E-state index contributed by atoms with van der Waals surface area (Å²) in [6.45, 7) is -9.53. The molecule has 524 valence electrons. The van der Waals surface area contributed by atoms with E-state index < -0.39 is 175 Å². The van der Waals surface area contributed by atoms with Gasteiger partial charge in [0.25, 0.3) is 62.6 Å². The first-order valence-corrected chi connectivity index (χ1v) is 37.7. The molecule has 6 N–H and O–H groups in total. The summed E-state index contributed by atoms with van der Waals surface area (Å²) < 4.78 is 194. The van der Waals surface area contributed by atoms with Gasteiger partial charge < -0.3 is 150 Å². The molecule has 0 aromatic heterocycles. The highest BCUT2D eigenvalue weighted by atomic mass is 31.2. The van der Waals surface area contributed by atoms with Crippen LogP contribution in [0.25, 0.3) is 0 Å². The molecular formula is C33H78N4O40P9-9. The molecule has 0 aliphatic rings. The van der Waals surface area contributed by atoms with Crippen LogP contribution in [0, 0.1) is 0 Å². The molecule has 53 heteroatoms. The topological polar surface area (TPSA) is 634 Å². The highest BCUT2D eigenvalue weighted by Crippen LogP contribution is 2.46. The second-order valence-electron chi connectivity index (χ2n) is 14.7. The second kappa shape index (κ2) is 53.0. The van der Waals surface area contributed by atoms with E-state index in [1.54, 1.807) is 21.3 Å². The third-order valence-electron chi connectivity index (χ3n) is 7.28. The molecule has 0 aromatic carbocycles. The van der Waals surface area contributed by atoms with Crippen molar-refractivity contribution in [1.82, 2.24) is 21.3 Å². The van der Waals surface area contributed by atoms with Crippen LogP contribution in [0.2, 0.25) is 0 Å². The highest BCUT2D eigenvalue weighted by molar-refractivity contribution is 7.50. The normalized spacial score (nSPS) is 18.7. The van der Waals surface area contributed by atoms with Crippen molar-refractivity contribution >= 4 is 70.2 Å². The fraction of sp³-hybridized carbons (Fsp3) is 1.00. The molecular weight excluding hydrogens is 1370 g/mol. The summed E-state index contributed by atoms with van der Waals surface area (Å²) in [5.74, 6) is 0. The Kier molecular flexibility index (Phi) is 57.3.